The van der Waals surface area contributed by atoms with E-state index in [0.29, 0.717) is 17.3 Å². The SMILES string of the molecule is C[C@@H](C[C@@H]1CSC(c2c(O)cccc2F)=N1)N(C)[C@](C)(CS)[C@@H](C)OC=O. The molecule has 0 amide bonds. The number of carbonyl (C=O) groups is 1. The van der Waals surface area contributed by atoms with Crippen molar-refractivity contribution in [1.29, 1.82) is 0 Å². The van der Waals surface area contributed by atoms with Crippen molar-refractivity contribution in [3.05, 3.63) is 29.6 Å². The third kappa shape index (κ3) is 4.78. The van der Waals surface area contributed by atoms with Gasteiger partial charge in [-0.25, -0.2) is 4.39 Å². The summed E-state index contributed by atoms with van der Waals surface area (Å²) in [4.78, 5) is 17.5. The fraction of sp³-hybridized carbons (Fsp3) is 0.579. The van der Waals surface area contributed by atoms with Gasteiger partial charge in [-0.3, -0.25) is 14.7 Å². The number of ether oxygens (including phenoxy) is 1. The van der Waals surface area contributed by atoms with Gasteiger partial charge in [-0.15, -0.1) is 11.8 Å². The lowest BCUT2D eigenvalue weighted by Gasteiger charge is -2.44. The highest BCUT2D eigenvalue weighted by Gasteiger charge is 2.39. The number of carbonyl (C=O) groups excluding carboxylic acids is 1. The van der Waals surface area contributed by atoms with Crippen LogP contribution in [0.3, 0.4) is 0 Å². The summed E-state index contributed by atoms with van der Waals surface area (Å²) in [7, 11) is 1.99. The largest absolute Gasteiger partial charge is 0.507 e. The fourth-order valence-electron chi connectivity index (χ4n) is 3.21. The topological polar surface area (TPSA) is 62.1 Å². The van der Waals surface area contributed by atoms with E-state index in [2.05, 4.69) is 29.4 Å². The Morgan fingerprint density at radius 3 is 2.85 bits per heavy atom. The maximum atomic E-state index is 14.1. The molecule has 0 fully saturated rings. The molecular weight excluding hydrogens is 387 g/mol. The molecule has 1 aromatic carbocycles. The van der Waals surface area contributed by atoms with Crippen molar-refractivity contribution < 1.29 is 19.0 Å². The Balaban J connectivity index is 2.11. The first-order valence-electron chi connectivity index (χ1n) is 8.86. The van der Waals surface area contributed by atoms with Crippen LogP contribution in [0.15, 0.2) is 23.2 Å². The molecule has 0 radical (unpaired) electrons. The number of aromatic hydroxyl groups is 1. The molecule has 0 saturated heterocycles. The van der Waals surface area contributed by atoms with Gasteiger partial charge in [0.05, 0.1) is 17.1 Å². The van der Waals surface area contributed by atoms with Gasteiger partial charge in [-0.05, 0) is 46.4 Å². The molecule has 8 heteroatoms. The minimum Gasteiger partial charge on any atom is -0.507 e. The Bertz CT molecular complexity index is 683. The summed E-state index contributed by atoms with van der Waals surface area (Å²) in [5.74, 6) is 0.711. The van der Waals surface area contributed by atoms with Crippen molar-refractivity contribution in [3.63, 3.8) is 0 Å². The van der Waals surface area contributed by atoms with Crippen LogP contribution in [-0.2, 0) is 9.53 Å². The van der Waals surface area contributed by atoms with Crippen molar-refractivity contribution in [1.82, 2.24) is 4.90 Å². The Kier molecular flexibility index (Phi) is 7.59. The predicted molar refractivity (Wildman–Crippen MR) is 112 cm³/mol. The number of benzene rings is 1. The zero-order chi connectivity index (χ0) is 20.2. The van der Waals surface area contributed by atoms with Gasteiger partial charge in [0.25, 0.3) is 6.47 Å². The molecule has 0 aromatic heterocycles. The van der Waals surface area contributed by atoms with Crippen molar-refractivity contribution in [2.45, 2.75) is 50.9 Å². The highest BCUT2D eigenvalue weighted by molar-refractivity contribution is 8.14. The second-order valence-corrected chi connectivity index (χ2v) is 8.44. The lowest BCUT2D eigenvalue weighted by molar-refractivity contribution is -0.140. The quantitative estimate of drug-likeness (QED) is 0.479. The highest BCUT2D eigenvalue weighted by atomic mass is 32.2. The molecule has 0 saturated carbocycles. The normalized spacial score (nSPS) is 21.4. The highest BCUT2D eigenvalue weighted by Crippen LogP contribution is 2.33. The molecule has 1 aliphatic heterocycles. The van der Waals surface area contributed by atoms with E-state index >= 15 is 0 Å². The third-order valence-electron chi connectivity index (χ3n) is 5.45. The van der Waals surface area contributed by atoms with Crippen LogP contribution >= 0.6 is 24.4 Å². The summed E-state index contributed by atoms with van der Waals surface area (Å²) in [5, 5.41) is 10.5. The van der Waals surface area contributed by atoms with Crippen LogP contribution in [0.2, 0.25) is 0 Å². The molecule has 2 rings (SSSR count). The minimum absolute atomic E-state index is 0.0212. The molecule has 4 atom stereocenters. The van der Waals surface area contributed by atoms with E-state index in [4.69, 9.17) is 4.74 Å². The first kappa shape index (κ1) is 22.0. The van der Waals surface area contributed by atoms with Gasteiger partial charge >= 0.3 is 0 Å². The number of thioether (sulfide) groups is 1. The first-order valence-corrected chi connectivity index (χ1v) is 10.5. The average Bonchev–Trinajstić information content (AvgIpc) is 3.08. The lowest BCUT2D eigenvalue weighted by Crippen LogP contribution is -2.57. The first-order chi connectivity index (χ1) is 12.7. The molecule has 0 spiro atoms. The predicted octanol–water partition coefficient (Wildman–Crippen LogP) is 3.35. The van der Waals surface area contributed by atoms with E-state index < -0.39 is 11.4 Å². The van der Waals surface area contributed by atoms with Crippen LogP contribution in [0.25, 0.3) is 0 Å². The lowest BCUT2D eigenvalue weighted by atomic mass is 9.93. The Morgan fingerprint density at radius 1 is 1.56 bits per heavy atom. The van der Waals surface area contributed by atoms with Gasteiger partial charge in [0.1, 0.15) is 22.7 Å². The molecule has 0 unspecified atom stereocenters. The summed E-state index contributed by atoms with van der Waals surface area (Å²) < 4.78 is 19.2. The molecule has 5 nitrogen and oxygen atoms in total. The van der Waals surface area contributed by atoms with E-state index in [9.17, 15) is 14.3 Å². The van der Waals surface area contributed by atoms with Gasteiger partial charge in [0.15, 0.2) is 0 Å². The average molecular weight is 415 g/mol. The second kappa shape index (κ2) is 9.30. The van der Waals surface area contributed by atoms with Crippen LogP contribution in [0.5, 0.6) is 5.75 Å². The molecule has 1 heterocycles. The summed E-state index contributed by atoms with van der Waals surface area (Å²) in [6.07, 6.45) is 0.451. The third-order valence-corrected chi connectivity index (χ3v) is 7.23. The van der Waals surface area contributed by atoms with E-state index in [1.165, 1.54) is 30.0 Å². The molecule has 27 heavy (non-hydrogen) atoms. The number of likely N-dealkylation sites (N-methyl/N-ethyl adjacent to an activating group) is 1. The zero-order valence-corrected chi connectivity index (χ0v) is 17.8. The molecule has 150 valence electrons. The van der Waals surface area contributed by atoms with Gasteiger partial charge in [-0.1, -0.05) is 6.07 Å². The van der Waals surface area contributed by atoms with Crippen LogP contribution < -0.4 is 0 Å². The second-order valence-electron chi connectivity index (χ2n) is 7.12. The van der Waals surface area contributed by atoms with Crippen LogP contribution in [0, 0.1) is 5.82 Å². The summed E-state index contributed by atoms with van der Waals surface area (Å²) in [5.41, 5.74) is -0.245. The number of phenolic OH excluding ortho intramolecular Hbond substituents is 1. The van der Waals surface area contributed by atoms with Crippen LogP contribution in [0.1, 0.15) is 32.8 Å². The van der Waals surface area contributed by atoms with Crippen molar-refractivity contribution in [2.24, 2.45) is 4.99 Å². The summed E-state index contributed by atoms with van der Waals surface area (Å²) >= 11 is 5.92. The maximum Gasteiger partial charge on any atom is 0.293 e. The number of rotatable bonds is 9. The summed E-state index contributed by atoms with van der Waals surface area (Å²) in [6, 6.07) is 4.44. The van der Waals surface area contributed by atoms with E-state index in [1.54, 1.807) is 0 Å². The van der Waals surface area contributed by atoms with Gasteiger partial charge in [-0.2, -0.15) is 12.6 Å². The minimum atomic E-state index is -0.463. The molecule has 0 aliphatic carbocycles. The number of phenols is 1. The molecule has 1 aromatic rings. The fourth-order valence-corrected chi connectivity index (χ4v) is 4.82. The van der Waals surface area contributed by atoms with Crippen molar-refractivity contribution >= 4 is 35.9 Å². The van der Waals surface area contributed by atoms with E-state index in [1.807, 2.05) is 20.9 Å². The number of thiol groups is 1. The van der Waals surface area contributed by atoms with E-state index in [-0.39, 0.29) is 29.5 Å². The number of halogens is 1. The Hall–Kier alpha value is -1.25. The standard InChI is InChI=1S/C19H27FN2O3S2/c1-12(22(4)19(3,10-26)13(2)25-11-23)8-14-9-27-18(21-14)17-15(20)6-5-7-16(17)24/h5-7,11-14,24,26H,8-10H2,1-4H3/t12-,13+,14+,19+/m0/s1. The smallest absolute Gasteiger partial charge is 0.293 e. The molecule has 0 bridgehead atoms. The Labute approximate surface area is 169 Å². The number of nitrogens with zero attached hydrogens (tertiary/aromatic N) is 2. The van der Waals surface area contributed by atoms with Gasteiger partial charge in [0, 0.05) is 17.5 Å². The monoisotopic (exact) mass is 414 g/mol. The number of aliphatic imine (C=N–C) groups is 1. The van der Waals surface area contributed by atoms with Crippen molar-refractivity contribution in [3.8, 4) is 5.75 Å². The van der Waals surface area contributed by atoms with Gasteiger partial charge in [0.2, 0.25) is 0 Å². The molecular formula is C19H27FN2O3S2. The van der Waals surface area contributed by atoms with Crippen LogP contribution in [0.4, 0.5) is 4.39 Å². The number of hydrogen-bond acceptors (Lipinski definition) is 7. The Morgan fingerprint density at radius 2 is 2.26 bits per heavy atom. The molecule has 1 N–H and O–H groups in total. The molecule has 1 aliphatic rings. The zero-order valence-electron chi connectivity index (χ0n) is 16.1. The summed E-state index contributed by atoms with van der Waals surface area (Å²) in [6.45, 7) is 6.43. The van der Waals surface area contributed by atoms with Gasteiger partial charge < -0.3 is 9.84 Å². The van der Waals surface area contributed by atoms with Crippen molar-refractivity contribution in [2.75, 3.05) is 18.6 Å². The van der Waals surface area contributed by atoms with E-state index in [0.717, 1.165) is 12.2 Å². The van der Waals surface area contributed by atoms with Crippen LogP contribution in [-0.4, -0.2) is 63.8 Å². The maximum absolute atomic E-state index is 14.1. The number of hydrogen-bond donors (Lipinski definition) is 2.